The molecule has 0 atom stereocenters. The quantitative estimate of drug-likeness (QED) is 0.473. The molecule has 0 unspecified atom stereocenters. The van der Waals surface area contributed by atoms with E-state index in [0.29, 0.717) is 0 Å². The highest BCUT2D eigenvalue weighted by molar-refractivity contribution is 14.1. The summed E-state index contributed by atoms with van der Waals surface area (Å²) in [5.41, 5.74) is 1.61. The Balaban J connectivity index is 2.09. The molecule has 92 valence electrons. The van der Waals surface area contributed by atoms with Gasteiger partial charge in [-0.25, -0.2) is 4.98 Å². The van der Waals surface area contributed by atoms with Gasteiger partial charge in [-0.15, -0.1) is 0 Å². The lowest BCUT2D eigenvalue weighted by atomic mass is 9.95. The van der Waals surface area contributed by atoms with Crippen LogP contribution in [0.15, 0.2) is 30.3 Å². The fraction of sp³-hybridized carbons (Fsp3) is 0.286. The first kappa shape index (κ1) is 11.9. The standard InChI is InChI=1S/C14H12INO2/c1-18-13(17)14(6-7-14)10-3-4-11-9(8-10)2-5-12(15)16-11/h2-5,8H,6-7H2,1H3. The van der Waals surface area contributed by atoms with Gasteiger partial charge in [-0.2, -0.15) is 0 Å². The van der Waals surface area contributed by atoms with Crippen molar-refractivity contribution in [3.8, 4) is 0 Å². The van der Waals surface area contributed by atoms with Gasteiger partial charge in [0.05, 0.1) is 18.0 Å². The highest BCUT2D eigenvalue weighted by Crippen LogP contribution is 2.49. The van der Waals surface area contributed by atoms with Crippen molar-refractivity contribution in [3.05, 3.63) is 39.6 Å². The second-order valence-electron chi connectivity index (χ2n) is 4.62. The number of methoxy groups -OCH3 is 1. The van der Waals surface area contributed by atoms with Crippen molar-refractivity contribution in [2.45, 2.75) is 18.3 Å². The lowest BCUT2D eigenvalue weighted by Gasteiger charge is -2.13. The van der Waals surface area contributed by atoms with Crippen LogP contribution in [0.25, 0.3) is 10.9 Å². The number of ether oxygens (including phenoxy) is 1. The molecule has 1 heterocycles. The maximum atomic E-state index is 11.8. The van der Waals surface area contributed by atoms with Gasteiger partial charge in [0, 0.05) is 5.39 Å². The molecule has 4 heteroatoms. The lowest BCUT2D eigenvalue weighted by Crippen LogP contribution is -2.21. The molecule has 0 bridgehead atoms. The molecule has 3 nitrogen and oxygen atoms in total. The molecule has 1 aromatic heterocycles. The molecule has 0 spiro atoms. The number of fused-ring (bicyclic) bond motifs is 1. The number of benzene rings is 1. The summed E-state index contributed by atoms with van der Waals surface area (Å²) in [5.74, 6) is -0.125. The summed E-state index contributed by atoms with van der Waals surface area (Å²) in [6, 6.07) is 10.1. The summed E-state index contributed by atoms with van der Waals surface area (Å²) in [4.78, 5) is 16.3. The van der Waals surface area contributed by atoms with Crippen molar-refractivity contribution in [1.29, 1.82) is 0 Å². The number of hydrogen-bond donors (Lipinski definition) is 0. The molecule has 1 aromatic carbocycles. The van der Waals surface area contributed by atoms with Crippen LogP contribution in [0.5, 0.6) is 0 Å². The van der Waals surface area contributed by atoms with Gasteiger partial charge in [0.1, 0.15) is 3.70 Å². The van der Waals surface area contributed by atoms with E-state index < -0.39 is 5.41 Å². The molecule has 1 fully saturated rings. The molecule has 0 amide bonds. The van der Waals surface area contributed by atoms with E-state index >= 15 is 0 Å². The topological polar surface area (TPSA) is 39.2 Å². The third-order valence-electron chi connectivity index (χ3n) is 3.53. The van der Waals surface area contributed by atoms with E-state index in [1.165, 1.54) is 7.11 Å². The first-order valence-corrected chi connectivity index (χ1v) is 6.89. The van der Waals surface area contributed by atoms with Crippen LogP contribution >= 0.6 is 22.6 Å². The molecular formula is C14H12INO2. The molecule has 0 radical (unpaired) electrons. The van der Waals surface area contributed by atoms with E-state index in [9.17, 15) is 4.79 Å². The number of carbonyl (C=O) groups is 1. The molecule has 18 heavy (non-hydrogen) atoms. The second-order valence-corrected chi connectivity index (χ2v) is 5.72. The van der Waals surface area contributed by atoms with Gasteiger partial charge in [0.25, 0.3) is 0 Å². The Hall–Kier alpha value is -1.17. The summed E-state index contributed by atoms with van der Waals surface area (Å²) in [6.07, 6.45) is 1.76. The largest absolute Gasteiger partial charge is 0.468 e. The molecule has 0 aliphatic heterocycles. The van der Waals surface area contributed by atoms with E-state index in [-0.39, 0.29) is 5.97 Å². The van der Waals surface area contributed by atoms with E-state index in [1.54, 1.807) is 0 Å². The zero-order valence-electron chi connectivity index (χ0n) is 9.94. The fourth-order valence-electron chi connectivity index (χ4n) is 2.33. The number of aromatic nitrogens is 1. The minimum absolute atomic E-state index is 0.125. The maximum absolute atomic E-state index is 11.8. The van der Waals surface area contributed by atoms with Gasteiger partial charge >= 0.3 is 5.97 Å². The Morgan fingerprint density at radius 3 is 2.78 bits per heavy atom. The van der Waals surface area contributed by atoms with Crippen LogP contribution in [-0.2, 0) is 14.9 Å². The number of hydrogen-bond acceptors (Lipinski definition) is 3. The molecule has 2 aromatic rings. The number of carbonyl (C=O) groups excluding carboxylic acids is 1. The minimum atomic E-state index is -0.397. The zero-order valence-corrected chi connectivity index (χ0v) is 12.1. The van der Waals surface area contributed by atoms with Gasteiger partial charge in [-0.05, 0) is 59.2 Å². The van der Waals surface area contributed by atoms with Crippen LogP contribution in [0.1, 0.15) is 18.4 Å². The van der Waals surface area contributed by atoms with Crippen LogP contribution in [0.2, 0.25) is 0 Å². The molecule has 1 aliphatic carbocycles. The summed E-state index contributed by atoms with van der Waals surface area (Å²) in [5, 5.41) is 1.07. The van der Waals surface area contributed by atoms with Crippen molar-refractivity contribution < 1.29 is 9.53 Å². The van der Waals surface area contributed by atoms with Gasteiger partial charge in [0.2, 0.25) is 0 Å². The van der Waals surface area contributed by atoms with Crippen molar-refractivity contribution in [3.63, 3.8) is 0 Å². The summed E-state index contributed by atoms with van der Waals surface area (Å²) in [6.45, 7) is 0. The number of halogens is 1. The molecule has 0 saturated heterocycles. The van der Waals surface area contributed by atoms with Crippen molar-refractivity contribution >= 4 is 39.5 Å². The third kappa shape index (κ3) is 1.79. The van der Waals surface area contributed by atoms with E-state index in [1.807, 2.05) is 24.3 Å². The van der Waals surface area contributed by atoms with Gasteiger partial charge < -0.3 is 4.74 Å². The van der Waals surface area contributed by atoms with Gasteiger partial charge in [0.15, 0.2) is 0 Å². The molecular weight excluding hydrogens is 341 g/mol. The highest BCUT2D eigenvalue weighted by atomic mass is 127. The van der Waals surface area contributed by atoms with E-state index in [0.717, 1.165) is 33.0 Å². The van der Waals surface area contributed by atoms with Crippen molar-refractivity contribution in [1.82, 2.24) is 4.98 Å². The summed E-state index contributed by atoms with van der Waals surface area (Å²) < 4.78 is 5.88. The van der Waals surface area contributed by atoms with Crippen LogP contribution in [0.3, 0.4) is 0 Å². The Morgan fingerprint density at radius 1 is 1.33 bits per heavy atom. The number of rotatable bonds is 2. The fourth-order valence-corrected chi connectivity index (χ4v) is 2.77. The molecule has 1 saturated carbocycles. The van der Waals surface area contributed by atoms with E-state index in [2.05, 4.69) is 33.6 Å². The third-order valence-corrected chi connectivity index (χ3v) is 4.13. The Labute approximate surface area is 119 Å². The molecule has 1 aliphatic rings. The molecule has 3 rings (SSSR count). The lowest BCUT2D eigenvalue weighted by molar-refractivity contribution is -0.143. The van der Waals surface area contributed by atoms with Crippen LogP contribution < -0.4 is 0 Å². The van der Waals surface area contributed by atoms with Gasteiger partial charge in [-0.1, -0.05) is 12.1 Å². The minimum Gasteiger partial charge on any atom is -0.468 e. The van der Waals surface area contributed by atoms with Crippen LogP contribution in [-0.4, -0.2) is 18.1 Å². The summed E-state index contributed by atoms with van der Waals surface area (Å²) >= 11 is 2.20. The van der Waals surface area contributed by atoms with E-state index in [4.69, 9.17) is 4.74 Å². The average Bonchev–Trinajstić information content (AvgIpc) is 3.18. The average molecular weight is 353 g/mol. The monoisotopic (exact) mass is 353 g/mol. The van der Waals surface area contributed by atoms with Crippen LogP contribution in [0.4, 0.5) is 0 Å². The SMILES string of the molecule is COC(=O)C1(c2ccc3nc(I)ccc3c2)CC1. The predicted molar refractivity (Wildman–Crippen MR) is 77.4 cm³/mol. The number of nitrogens with zero attached hydrogens (tertiary/aromatic N) is 1. The Kier molecular flexibility index (Phi) is 2.77. The Morgan fingerprint density at radius 2 is 2.11 bits per heavy atom. The smallest absolute Gasteiger partial charge is 0.316 e. The first-order chi connectivity index (χ1) is 8.65. The maximum Gasteiger partial charge on any atom is 0.316 e. The van der Waals surface area contributed by atoms with Crippen LogP contribution in [0, 0.1) is 3.70 Å². The summed E-state index contributed by atoms with van der Waals surface area (Å²) in [7, 11) is 1.45. The van der Waals surface area contributed by atoms with Crippen molar-refractivity contribution in [2.75, 3.05) is 7.11 Å². The normalized spacial score (nSPS) is 16.6. The van der Waals surface area contributed by atoms with Crippen molar-refractivity contribution in [2.24, 2.45) is 0 Å². The highest BCUT2D eigenvalue weighted by Gasteiger charge is 2.52. The first-order valence-electron chi connectivity index (χ1n) is 5.81. The number of esters is 1. The Bertz CT molecular complexity index is 635. The van der Waals surface area contributed by atoms with Gasteiger partial charge in [-0.3, -0.25) is 4.79 Å². The second kappa shape index (κ2) is 4.19. The predicted octanol–water partition coefficient (Wildman–Crippen LogP) is 3.04. The zero-order chi connectivity index (χ0) is 12.8. The number of pyridine rings is 1. The molecule has 0 N–H and O–H groups in total.